The minimum absolute atomic E-state index is 0.205. The Labute approximate surface area is 171 Å². The summed E-state index contributed by atoms with van der Waals surface area (Å²) in [6.45, 7) is 2.47. The lowest BCUT2D eigenvalue weighted by molar-refractivity contribution is 0.00715. The molecule has 1 atom stereocenters. The van der Waals surface area contributed by atoms with Gasteiger partial charge in [-0.05, 0) is 24.6 Å². The van der Waals surface area contributed by atoms with E-state index in [1.165, 1.54) is 6.26 Å². The van der Waals surface area contributed by atoms with Gasteiger partial charge in [-0.3, -0.25) is 14.6 Å². The Morgan fingerprint density at radius 1 is 1.21 bits per heavy atom. The lowest BCUT2D eigenvalue weighted by atomic mass is 9.85. The standard InChI is InChI=1S/C21H17ClN4O3/c1-13-15(12-29-24-13)19(27)25-9-10-26-20(28)18-14(5-4-8-23-18)11-21(25,26)16-6-2-3-7-17(16)22/h2-8,12H,9-11H2,1H3. The average molecular weight is 409 g/mol. The van der Waals surface area contributed by atoms with Crippen molar-refractivity contribution < 1.29 is 14.1 Å². The molecule has 2 aliphatic rings. The second-order valence-electron chi connectivity index (χ2n) is 7.21. The molecule has 1 saturated heterocycles. The summed E-state index contributed by atoms with van der Waals surface area (Å²) in [5.41, 5.74) is 1.77. The van der Waals surface area contributed by atoms with Crippen molar-refractivity contribution in [1.82, 2.24) is 19.9 Å². The van der Waals surface area contributed by atoms with E-state index in [0.717, 1.165) is 5.56 Å². The molecule has 29 heavy (non-hydrogen) atoms. The summed E-state index contributed by atoms with van der Waals surface area (Å²) < 4.78 is 4.99. The van der Waals surface area contributed by atoms with E-state index >= 15 is 0 Å². The van der Waals surface area contributed by atoms with Crippen LogP contribution < -0.4 is 0 Å². The highest BCUT2D eigenvalue weighted by Gasteiger charge is 2.57. The van der Waals surface area contributed by atoms with Gasteiger partial charge < -0.3 is 14.3 Å². The van der Waals surface area contributed by atoms with Gasteiger partial charge in [0.25, 0.3) is 11.8 Å². The number of hydrogen-bond donors (Lipinski definition) is 0. The zero-order chi connectivity index (χ0) is 20.2. The number of aryl methyl sites for hydroxylation is 1. The van der Waals surface area contributed by atoms with Crippen molar-refractivity contribution in [3.8, 4) is 0 Å². The number of hydrogen-bond acceptors (Lipinski definition) is 5. The molecule has 4 heterocycles. The minimum Gasteiger partial charge on any atom is -0.364 e. The fraction of sp³-hybridized carbons (Fsp3) is 0.238. The van der Waals surface area contributed by atoms with Crippen LogP contribution in [0, 0.1) is 6.92 Å². The van der Waals surface area contributed by atoms with Crippen LogP contribution >= 0.6 is 11.6 Å². The molecule has 1 unspecified atom stereocenters. The molecule has 0 aliphatic carbocycles. The highest BCUT2D eigenvalue weighted by atomic mass is 35.5. The zero-order valence-electron chi connectivity index (χ0n) is 15.6. The third-order valence-corrected chi connectivity index (χ3v) is 6.08. The summed E-state index contributed by atoms with van der Waals surface area (Å²) >= 11 is 6.60. The van der Waals surface area contributed by atoms with Gasteiger partial charge in [0.15, 0.2) is 0 Å². The highest BCUT2D eigenvalue weighted by Crippen LogP contribution is 2.47. The number of carbonyl (C=O) groups is 2. The van der Waals surface area contributed by atoms with Gasteiger partial charge in [0.05, 0.1) is 5.69 Å². The first-order valence-electron chi connectivity index (χ1n) is 9.28. The van der Waals surface area contributed by atoms with E-state index in [4.69, 9.17) is 16.1 Å². The van der Waals surface area contributed by atoms with E-state index in [2.05, 4.69) is 10.1 Å². The van der Waals surface area contributed by atoms with Crippen LogP contribution in [0.1, 0.15) is 37.7 Å². The third kappa shape index (κ3) is 2.43. The van der Waals surface area contributed by atoms with Gasteiger partial charge in [0.1, 0.15) is 23.2 Å². The predicted octanol–water partition coefficient (Wildman–Crippen LogP) is 3.04. The first-order chi connectivity index (χ1) is 14.0. The van der Waals surface area contributed by atoms with Crippen LogP contribution in [0.3, 0.4) is 0 Å². The van der Waals surface area contributed by atoms with Crippen molar-refractivity contribution in [2.75, 3.05) is 13.1 Å². The maximum atomic E-state index is 13.5. The van der Waals surface area contributed by atoms with Crippen molar-refractivity contribution >= 4 is 23.4 Å². The third-order valence-electron chi connectivity index (χ3n) is 5.75. The van der Waals surface area contributed by atoms with Gasteiger partial charge in [-0.2, -0.15) is 0 Å². The van der Waals surface area contributed by atoms with Crippen molar-refractivity contribution in [1.29, 1.82) is 0 Å². The lowest BCUT2D eigenvalue weighted by Gasteiger charge is -2.47. The van der Waals surface area contributed by atoms with E-state index in [1.54, 1.807) is 35.1 Å². The molecule has 2 aliphatic heterocycles. The van der Waals surface area contributed by atoms with Crippen molar-refractivity contribution in [3.63, 3.8) is 0 Å². The molecule has 0 radical (unpaired) electrons. The van der Waals surface area contributed by atoms with Gasteiger partial charge in [0, 0.05) is 36.3 Å². The van der Waals surface area contributed by atoms with E-state index in [-0.39, 0.29) is 11.8 Å². The normalized spacial score (nSPS) is 20.6. The van der Waals surface area contributed by atoms with Crippen LogP contribution in [0.15, 0.2) is 53.4 Å². The van der Waals surface area contributed by atoms with E-state index in [0.29, 0.717) is 47.0 Å². The first-order valence-corrected chi connectivity index (χ1v) is 9.65. The second kappa shape index (κ2) is 6.42. The van der Waals surface area contributed by atoms with E-state index in [1.807, 2.05) is 24.3 Å². The van der Waals surface area contributed by atoms with Gasteiger partial charge in [-0.15, -0.1) is 0 Å². The molecule has 3 aromatic rings. The fourth-order valence-electron chi connectivity index (χ4n) is 4.43. The quantitative estimate of drug-likeness (QED) is 0.651. The zero-order valence-corrected chi connectivity index (χ0v) is 16.4. The maximum absolute atomic E-state index is 13.5. The van der Waals surface area contributed by atoms with Gasteiger partial charge >= 0.3 is 0 Å². The molecular weight excluding hydrogens is 392 g/mol. The number of fused-ring (bicyclic) bond motifs is 2. The molecule has 8 heteroatoms. The molecule has 1 aromatic carbocycles. The summed E-state index contributed by atoms with van der Waals surface area (Å²) in [5.74, 6) is -0.449. The van der Waals surface area contributed by atoms with Crippen LogP contribution in [0.4, 0.5) is 0 Å². The van der Waals surface area contributed by atoms with Crippen molar-refractivity contribution in [3.05, 3.63) is 82.0 Å². The minimum atomic E-state index is -1.04. The van der Waals surface area contributed by atoms with E-state index < -0.39 is 5.66 Å². The largest absolute Gasteiger partial charge is 0.364 e. The van der Waals surface area contributed by atoms with Crippen LogP contribution in [0.2, 0.25) is 5.02 Å². The molecule has 5 rings (SSSR count). The Bertz CT molecular complexity index is 1140. The molecule has 2 aromatic heterocycles. The average Bonchev–Trinajstić information content (AvgIpc) is 3.32. The summed E-state index contributed by atoms with van der Waals surface area (Å²) in [5, 5.41) is 4.34. The number of aromatic nitrogens is 2. The van der Waals surface area contributed by atoms with E-state index in [9.17, 15) is 9.59 Å². The number of nitrogens with zero attached hydrogens (tertiary/aromatic N) is 4. The van der Waals surface area contributed by atoms with Gasteiger partial charge in [-0.1, -0.05) is 41.0 Å². The Hall–Kier alpha value is -3.19. The van der Waals surface area contributed by atoms with Gasteiger partial charge in [-0.25, -0.2) is 0 Å². The number of benzene rings is 1. The van der Waals surface area contributed by atoms with Crippen molar-refractivity contribution in [2.45, 2.75) is 19.0 Å². The second-order valence-corrected chi connectivity index (χ2v) is 7.62. The Morgan fingerprint density at radius 2 is 2.03 bits per heavy atom. The van der Waals surface area contributed by atoms with Crippen LogP contribution in [0.5, 0.6) is 0 Å². The molecule has 0 N–H and O–H groups in total. The number of rotatable bonds is 2. The van der Waals surface area contributed by atoms with Crippen molar-refractivity contribution in [2.24, 2.45) is 0 Å². The number of pyridine rings is 1. The summed E-state index contributed by atoms with van der Waals surface area (Å²) in [6.07, 6.45) is 3.36. The molecule has 2 amide bonds. The Kier molecular flexibility index (Phi) is 3.96. The van der Waals surface area contributed by atoms with Gasteiger partial charge in [0.2, 0.25) is 0 Å². The van der Waals surface area contributed by atoms with Crippen LogP contribution in [-0.2, 0) is 12.1 Å². The molecular formula is C21H17ClN4O3. The summed E-state index contributed by atoms with van der Waals surface area (Å²) in [6, 6.07) is 11.0. The molecule has 0 bridgehead atoms. The fourth-order valence-corrected chi connectivity index (χ4v) is 4.71. The Balaban J connectivity index is 1.74. The summed E-state index contributed by atoms with van der Waals surface area (Å²) in [7, 11) is 0. The summed E-state index contributed by atoms with van der Waals surface area (Å²) in [4.78, 5) is 34.6. The van der Waals surface area contributed by atoms with Crippen LogP contribution in [-0.4, -0.2) is 44.8 Å². The first kappa shape index (κ1) is 17.9. The number of carbonyl (C=O) groups excluding carboxylic acids is 2. The molecule has 0 saturated carbocycles. The molecule has 1 fully saturated rings. The lowest BCUT2D eigenvalue weighted by Crippen LogP contribution is -2.58. The Morgan fingerprint density at radius 3 is 2.79 bits per heavy atom. The van der Waals surface area contributed by atoms with Crippen LogP contribution in [0.25, 0.3) is 0 Å². The SMILES string of the molecule is Cc1nocc1C(=O)N1CCN2C(=O)c3ncccc3CC12c1ccccc1Cl. The monoisotopic (exact) mass is 408 g/mol. The number of halogens is 1. The highest BCUT2D eigenvalue weighted by molar-refractivity contribution is 6.31. The molecule has 7 nitrogen and oxygen atoms in total. The topological polar surface area (TPSA) is 79.5 Å². The molecule has 0 spiro atoms. The molecule has 146 valence electrons. The maximum Gasteiger partial charge on any atom is 0.274 e. The number of amides is 2. The smallest absolute Gasteiger partial charge is 0.274 e. The predicted molar refractivity (Wildman–Crippen MR) is 104 cm³/mol.